The summed E-state index contributed by atoms with van der Waals surface area (Å²) in [6, 6.07) is 0. The molecule has 0 heterocycles. The summed E-state index contributed by atoms with van der Waals surface area (Å²) in [5.41, 5.74) is -0.819. The fourth-order valence-corrected chi connectivity index (χ4v) is 1.55. The molecule has 0 aliphatic heterocycles. The number of carboxylic acids is 2. The molecule has 7 heteroatoms. The van der Waals surface area contributed by atoms with Gasteiger partial charge in [-0.2, -0.15) is 8.42 Å². The van der Waals surface area contributed by atoms with E-state index >= 15 is 0 Å². The molecule has 0 bridgehead atoms. The maximum absolute atomic E-state index is 10.7. The molecule has 0 aromatic carbocycles. The molecule has 1 aliphatic carbocycles. The third kappa shape index (κ3) is 2.32. The third-order valence-corrected chi connectivity index (χ3v) is 2.52. The summed E-state index contributed by atoms with van der Waals surface area (Å²) in [6.45, 7) is 0. The summed E-state index contributed by atoms with van der Waals surface area (Å²) in [5, 5.41) is 17.3. The van der Waals surface area contributed by atoms with Gasteiger partial charge in [-0.15, -0.1) is 0 Å². The number of hydrogen-bond acceptors (Lipinski definition) is 4. The van der Waals surface area contributed by atoms with Crippen LogP contribution in [0.4, 0.5) is 0 Å². The molecule has 2 N–H and O–H groups in total. The lowest BCUT2D eigenvalue weighted by atomic mass is 9.98. The third-order valence-electron chi connectivity index (χ3n) is 1.81. The molecular formula is C8H6O6S. The molecule has 0 radical (unpaired) electrons. The Bertz CT molecular complexity index is 511. The van der Waals surface area contributed by atoms with E-state index in [2.05, 4.69) is 0 Å². The first-order valence-electron chi connectivity index (χ1n) is 3.76. The van der Waals surface area contributed by atoms with E-state index in [1.165, 1.54) is 0 Å². The van der Waals surface area contributed by atoms with Crippen molar-refractivity contribution in [1.82, 2.24) is 0 Å². The molecule has 0 saturated heterocycles. The average Bonchev–Trinajstić information content (AvgIpc) is 2.16. The lowest BCUT2D eigenvalue weighted by Crippen LogP contribution is -2.16. The van der Waals surface area contributed by atoms with E-state index in [1.54, 1.807) is 0 Å². The fraction of sp³-hybridized carbons (Fsp3) is 0.125. The normalized spacial score (nSPS) is 15.3. The second kappa shape index (κ2) is 4.09. The fourth-order valence-electron chi connectivity index (χ4n) is 1.11. The Balaban J connectivity index is 3.33. The van der Waals surface area contributed by atoms with E-state index < -0.39 is 39.8 Å². The van der Waals surface area contributed by atoms with Crippen molar-refractivity contribution in [1.29, 1.82) is 0 Å². The zero-order chi connectivity index (χ0) is 11.6. The number of carboxylic acid groups (broad SMARTS) is 2. The molecule has 0 aromatic heterocycles. The first-order chi connectivity index (χ1) is 6.93. The van der Waals surface area contributed by atoms with E-state index in [0.29, 0.717) is 0 Å². The van der Waals surface area contributed by atoms with Gasteiger partial charge in [0.2, 0.25) is 10.3 Å². The SMILES string of the molecule is O=C(O)C1=C(C(=O)O)CC(=S(=O)=O)C=C1. The Hall–Kier alpha value is -1.89. The summed E-state index contributed by atoms with van der Waals surface area (Å²) >= 11 is 0. The standard InChI is InChI=1S/C8H6O6S/c9-7(10)5-2-1-4(15(13)14)3-6(5)8(11)12/h1-2H,3H2,(H,9,10)(H,11,12). The zero-order valence-corrected chi connectivity index (χ0v) is 8.11. The molecule has 0 spiro atoms. The molecule has 0 unspecified atom stereocenters. The van der Waals surface area contributed by atoms with Gasteiger partial charge in [-0.25, -0.2) is 9.59 Å². The van der Waals surface area contributed by atoms with E-state index in [0.717, 1.165) is 12.2 Å². The number of aliphatic carboxylic acids is 2. The molecule has 0 saturated carbocycles. The highest BCUT2D eigenvalue weighted by molar-refractivity contribution is 7.73. The van der Waals surface area contributed by atoms with Crippen LogP contribution >= 0.6 is 0 Å². The van der Waals surface area contributed by atoms with Crippen molar-refractivity contribution in [2.24, 2.45) is 0 Å². The Morgan fingerprint density at radius 1 is 1.13 bits per heavy atom. The second-order valence-corrected chi connectivity index (χ2v) is 3.71. The van der Waals surface area contributed by atoms with Crippen molar-refractivity contribution < 1.29 is 28.2 Å². The van der Waals surface area contributed by atoms with Gasteiger partial charge >= 0.3 is 11.9 Å². The second-order valence-electron chi connectivity index (χ2n) is 2.71. The van der Waals surface area contributed by atoms with E-state index in [-0.39, 0.29) is 4.86 Å². The summed E-state index contributed by atoms with van der Waals surface area (Å²) < 4.78 is 21.1. The van der Waals surface area contributed by atoms with Gasteiger partial charge in [-0.1, -0.05) is 0 Å². The van der Waals surface area contributed by atoms with Gasteiger partial charge in [0.15, 0.2) is 0 Å². The highest BCUT2D eigenvalue weighted by atomic mass is 32.2. The van der Waals surface area contributed by atoms with Crippen LogP contribution in [0.25, 0.3) is 0 Å². The Morgan fingerprint density at radius 2 is 1.73 bits per heavy atom. The van der Waals surface area contributed by atoms with Crippen LogP contribution in [0.15, 0.2) is 23.3 Å². The van der Waals surface area contributed by atoms with E-state index in [1.807, 2.05) is 0 Å². The van der Waals surface area contributed by atoms with Crippen molar-refractivity contribution in [3.63, 3.8) is 0 Å². The summed E-state index contributed by atoms with van der Waals surface area (Å²) in [6.07, 6.45) is 1.66. The predicted molar refractivity (Wildman–Crippen MR) is 50.0 cm³/mol. The number of allylic oxidation sites excluding steroid dienone is 1. The van der Waals surface area contributed by atoms with Crippen LogP contribution in [0.3, 0.4) is 0 Å². The van der Waals surface area contributed by atoms with E-state index in [9.17, 15) is 18.0 Å². The highest BCUT2D eigenvalue weighted by Gasteiger charge is 2.23. The largest absolute Gasteiger partial charge is 0.478 e. The summed E-state index contributed by atoms with van der Waals surface area (Å²) in [4.78, 5) is 21.1. The van der Waals surface area contributed by atoms with Gasteiger partial charge in [0.1, 0.15) is 0 Å². The minimum Gasteiger partial charge on any atom is -0.478 e. The molecular weight excluding hydrogens is 224 g/mol. The van der Waals surface area contributed by atoms with Gasteiger partial charge in [0, 0.05) is 6.42 Å². The molecule has 1 aliphatic rings. The van der Waals surface area contributed by atoms with Crippen LogP contribution in [0.2, 0.25) is 0 Å². The Kier molecular flexibility index (Phi) is 3.05. The van der Waals surface area contributed by atoms with Crippen molar-refractivity contribution in [3.05, 3.63) is 23.3 Å². The smallest absolute Gasteiger partial charge is 0.336 e. The quantitative estimate of drug-likeness (QED) is 0.617. The van der Waals surface area contributed by atoms with Crippen LogP contribution in [0.5, 0.6) is 0 Å². The first-order valence-corrected chi connectivity index (χ1v) is 4.84. The van der Waals surface area contributed by atoms with Crippen molar-refractivity contribution in [2.45, 2.75) is 6.42 Å². The number of rotatable bonds is 2. The molecule has 0 aromatic rings. The molecule has 0 atom stereocenters. The monoisotopic (exact) mass is 230 g/mol. The molecule has 0 amide bonds. The predicted octanol–water partition coefficient (Wildman–Crippen LogP) is -0.536. The topological polar surface area (TPSA) is 109 Å². The minimum atomic E-state index is -2.53. The lowest BCUT2D eigenvalue weighted by Gasteiger charge is -2.08. The highest BCUT2D eigenvalue weighted by Crippen LogP contribution is 2.17. The molecule has 1 rings (SSSR count). The van der Waals surface area contributed by atoms with Gasteiger partial charge in [0.25, 0.3) is 0 Å². The first kappa shape index (κ1) is 11.2. The van der Waals surface area contributed by atoms with Crippen LogP contribution in [0.1, 0.15) is 6.42 Å². The average molecular weight is 230 g/mol. The van der Waals surface area contributed by atoms with Gasteiger partial charge in [-0.3, -0.25) is 0 Å². The van der Waals surface area contributed by atoms with E-state index in [4.69, 9.17) is 10.2 Å². The number of hydrogen-bond donors (Lipinski definition) is 2. The van der Waals surface area contributed by atoms with Crippen molar-refractivity contribution in [2.75, 3.05) is 0 Å². The van der Waals surface area contributed by atoms with Crippen LogP contribution in [-0.2, 0) is 19.9 Å². The Labute approximate surface area is 85.7 Å². The summed E-state index contributed by atoms with van der Waals surface area (Å²) in [5.74, 6) is -2.82. The Morgan fingerprint density at radius 3 is 2.13 bits per heavy atom. The minimum absolute atomic E-state index is 0.141. The lowest BCUT2D eigenvalue weighted by molar-refractivity contribution is -0.135. The maximum atomic E-state index is 10.7. The molecule has 0 fully saturated rings. The maximum Gasteiger partial charge on any atom is 0.336 e. The zero-order valence-electron chi connectivity index (χ0n) is 7.30. The van der Waals surface area contributed by atoms with Crippen LogP contribution in [-0.4, -0.2) is 35.4 Å². The van der Waals surface area contributed by atoms with Crippen molar-refractivity contribution >= 4 is 27.1 Å². The van der Waals surface area contributed by atoms with Gasteiger partial charge < -0.3 is 10.2 Å². The number of carbonyl (C=O) groups is 2. The summed E-state index contributed by atoms with van der Waals surface area (Å²) in [7, 11) is -2.53. The van der Waals surface area contributed by atoms with Crippen molar-refractivity contribution in [3.8, 4) is 0 Å². The molecule has 15 heavy (non-hydrogen) atoms. The van der Waals surface area contributed by atoms with Gasteiger partial charge in [0.05, 0.1) is 16.0 Å². The van der Waals surface area contributed by atoms with Crippen LogP contribution < -0.4 is 0 Å². The van der Waals surface area contributed by atoms with Gasteiger partial charge in [-0.05, 0) is 12.2 Å². The molecule has 6 nitrogen and oxygen atoms in total. The molecule has 80 valence electrons. The van der Waals surface area contributed by atoms with Crippen LogP contribution in [0, 0.1) is 0 Å².